The summed E-state index contributed by atoms with van der Waals surface area (Å²) >= 11 is 0. The molecule has 1 saturated carbocycles. The number of halogens is 3. The number of carbonyl (C=O) groups is 1. The molecule has 2 aromatic carbocycles. The zero-order valence-electron chi connectivity index (χ0n) is 19.0. The number of benzene rings is 2. The van der Waals surface area contributed by atoms with E-state index in [2.05, 4.69) is 26.9 Å². The van der Waals surface area contributed by atoms with E-state index >= 15 is 0 Å². The maximum Gasteiger partial charge on any atom is 0.573 e. The molecule has 4 rings (SSSR count). The van der Waals surface area contributed by atoms with Crippen LogP contribution >= 0.6 is 0 Å². The second-order valence-corrected chi connectivity index (χ2v) is 8.46. The van der Waals surface area contributed by atoms with E-state index in [0.717, 1.165) is 5.92 Å². The van der Waals surface area contributed by atoms with E-state index in [1.165, 1.54) is 61.3 Å². The van der Waals surface area contributed by atoms with Crippen molar-refractivity contribution in [2.45, 2.75) is 45.4 Å². The fourth-order valence-corrected chi connectivity index (χ4v) is 3.64. The summed E-state index contributed by atoms with van der Waals surface area (Å²) in [5.41, 5.74) is 2.37. The predicted molar refractivity (Wildman–Crippen MR) is 123 cm³/mol. The number of hydrogen-bond donors (Lipinski definition) is 2. The number of carbonyl (C=O) groups excluding carboxylic acids is 1. The Morgan fingerprint density at radius 1 is 1.09 bits per heavy atom. The lowest BCUT2D eigenvalue weighted by atomic mass is 9.91. The number of fused-ring (bicyclic) bond motifs is 1. The van der Waals surface area contributed by atoms with Crippen LogP contribution in [0.2, 0.25) is 0 Å². The quantitative estimate of drug-likeness (QED) is 0.465. The van der Waals surface area contributed by atoms with Gasteiger partial charge in [0, 0.05) is 25.3 Å². The van der Waals surface area contributed by atoms with Crippen molar-refractivity contribution in [2.75, 3.05) is 19.4 Å². The van der Waals surface area contributed by atoms with Crippen LogP contribution in [0.3, 0.4) is 0 Å². The highest BCUT2D eigenvalue weighted by atomic mass is 19.4. The molecule has 0 atom stereocenters. The molecule has 9 heteroatoms. The molecule has 0 bridgehead atoms. The fraction of sp³-hybridized carbons (Fsp3) is 0.417. The van der Waals surface area contributed by atoms with E-state index in [9.17, 15) is 18.0 Å². The van der Waals surface area contributed by atoms with Crippen molar-refractivity contribution in [2.24, 2.45) is 5.92 Å². The third-order valence-corrected chi connectivity index (χ3v) is 5.38. The first-order chi connectivity index (χ1) is 15.6. The van der Waals surface area contributed by atoms with Gasteiger partial charge in [-0.15, -0.1) is 13.2 Å². The summed E-state index contributed by atoms with van der Waals surface area (Å²) in [5, 5.41) is 2.96. The van der Waals surface area contributed by atoms with Crippen molar-refractivity contribution in [1.29, 1.82) is 0 Å². The lowest BCUT2D eigenvalue weighted by Crippen LogP contribution is -2.21. The Bertz CT molecular complexity index is 1060. The molecule has 0 unspecified atom stereocenters. The Morgan fingerprint density at radius 2 is 1.76 bits per heavy atom. The average molecular weight is 463 g/mol. The van der Waals surface area contributed by atoms with Crippen molar-refractivity contribution in [3.8, 4) is 5.75 Å². The van der Waals surface area contributed by atoms with Crippen molar-refractivity contribution < 1.29 is 22.7 Å². The maximum atomic E-state index is 12.2. The van der Waals surface area contributed by atoms with E-state index in [0.29, 0.717) is 28.2 Å². The number of H-pyrrole nitrogens is 1. The van der Waals surface area contributed by atoms with Crippen molar-refractivity contribution in [1.82, 2.24) is 14.9 Å². The largest absolute Gasteiger partial charge is 0.573 e. The summed E-state index contributed by atoms with van der Waals surface area (Å²) in [6, 6.07) is 10.4. The van der Waals surface area contributed by atoms with Gasteiger partial charge in [-0.3, -0.25) is 4.79 Å². The van der Waals surface area contributed by atoms with E-state index < -0.39 is 6.36 Å². The molecule has 1 amide bonds. The topological polar surface area (TPSA) is 70.2 Å². The van der Waals surface area contributed by atoms with Crippen molar-refractivity contribution >= 4 is 28.6 Å². The molecule has 2 N–H and O–H groups in total. The number of nitrogens with one attached hydrogen (secondary N) is 2. The molecule has 1 aromatic heterocycles. The standard InChI is InChI=1S/C17H15F3N4O2.C7H14/c1-24(2)15(25)10-3-8-13-14(9-10)23-16(22-13)21-11-4-6-12(7-5-11)26-17(18,19)20;1-7-5-3-2-4-6-7/h3-9H,1-2H3,(H2,21,22,23);7H,2-6H2,1H3. The Hall–Kier alpha value is -3.23. The minimum absolute atomic E-state index is 0.128. The van der Waals surface area contributed by atoms with Crippen LogP contribution in [-0.4, -0.2) is 41.2 Å². The monoisotopic (exact) mass is 462 g/mol. The molecular weight excluding hydrogens is 433 g/mol. The second-order valence-electron chi connectivity index (χ2n) is 8.46. The zero-order valence-corrected chi connectivity index (χ0v) is 19.0. The molecule has 1 heterocycles. The lowest BCUT2D eigenvalue weighted by Gasteiger charge is -2.15. The molecule has 3 aromatic rings. The van der Waals surface area contributed by atoms with Crippen LogP contribution in [0.25, 0.3) is 11.0 Å². The van der Waals surface area contributed by atoms with Crippen LogP contribution in [0.5, 0.6) is 5.75 Å². The van der Waals surface area contributed by atoms with Gasteiger partial charge in [-0.1, -0.05) is 39.0 Å². The summed E-state index contributed by atoms with van der Waals surface area (Å²) in [6.07, 6.45) is 2.71. The number of amides is 1. The second kappa shape index (κ2) is 10.6. The summed E-state index contributed by atoms with van der Waals surface area (Å²) in [4.78, 5) is 20.8. The summed E-state index contributed by atoms with van der Waals surface area (Å²) in [7, 11) is 3.33. The third kappa shape index (κ3) is 7.40. The minimum atomic E-state index is -4.73. The number of anilines is 2. The number of hydrogen-bond acceptors (Lipinski definition) is 4. The Labute approximate surface area is 191 Å². The lowest BCUT2D eigenvalue weighted by molar-refractivity contribution is -0.274. The number of nitrogens with zero attached hydrogens (tertiary/aromatic N) is 2. The molecule has 33 heavy (non-hydrogen) atoms. The highest BCUT2D eigenvalue weighted by Crippen LogP contribution is 2.26. The number of rotatable bonds is 4. The van der Waals surface area contributed by atoms with Crippen LogP contribution in [-0.2, 0) is 0 Å². The molecule has 0 radical (unpaired) electrons. The molecular formula is C24H29F3N4O2. The zero-order chi connectivity index (χ0) is 24.0. The van der Waals surface area contributed by atoms with Crippen LogP contribution < -0.4 is 10.1 Å². The smallest absolute Gasteiger partial charge is 0.406 e. The van der Waals surface area contributed by atoms with E-state index in [1.807, 2.05) is 0 Å². The van der Waals surface area contributed by atoms with Gasteiger partial charge < -0.3 is 19.9 Å². The molecule has 1 fully saturated rings. The minimum Gasteiger partial charge on any atom is -0.406 e. The Kier molecular flexibility index (Phi) is 7.84. The average Bonchev–Trinajstić information content (AvgIpc) is 3.16. The molecule has 0 aliphatic heterocycles. The molecule has 178 valence electrons. The van der Waals surface area contributed by atoms with Crippen LogP contribution in [0.4, 0.5) is 24.8 Å². The highest BCUT2D eigenvalue weighted by Gasteiger charge is 2.30. The van der Waals surface area contributed by atoms with Crippen LogP contribution in [0, 0.1) is 5.92 Å². The molecule has 0 saturated heterocycles. The summed E-state index contributed by atoms with van der Waals surface area (Å²) < 4.78 is 40.3. The van der Waals surface area contributed by atoms with Crippen LogP contribution in [0.15, 0.2) is 42.5 Å². The Balaban J connectivity index is 0.000000374. The van der Waals surface area contributed by atoms with E-state index in [1.54, 1.807) is 32.3 Å². The molecule has 0 spiro atoms. The maximum absolute atomic E-state index is 12.2. The first-order valence-electron chi connectivity index (χ1n) is 10.9. The van der Waals surface area contributed by atoms with Gasteiger partial charge in [-0.25, -0.2) is 4.98 Å². The van der Waals surface area contributed by atoms with Crippen molar-refractivity contribution in [3.05, 3.63) is 48.0 Å². The summed E-state index contributed by atoms with van der Waals surface area (Å²) in [5.74, 6) is 1.00. The third-order valence-electron chi connectivity index (χ3n) is 5.38. The van der Waals surface area contributed by atoms with Gasteiger partial charge >= 0.3 is 6.36 Å². The number of alkyl halides is 3. The van der Waals surface area contributed by atoms with Gasteiger partial charge in [0.05, 0.1) is 11.0 Å². The number of aromatic nitrogens is 2. The Morgan fingerprint density at radius 3 is 2.30 bits per heavy atom. The molecule has 6 nitrogen and oxygen atoms in total. The first-order valence-corrected chi connectivity index (χ1v) is 10.9. The number of aromatic amines is 1. The van der Waals surface area contributed by atoms with Gasteiger partial charge in [0.2, 0.25) is 5.95 Å². The first kappa shape index (κ1) is 24.4. The number of imidazole rings is 1. The van der Waals surface area contributed by atoms with Crippen LogP contribution in [0.1, 0.15) is 49.4 Å². The van der Waals surface area contributed by atoms with E-state index in [4.69, 9.17) is 0 Å². The molecule has 1 aliphatic rings. The van der Waals surface area contributed by atoms with Gasteiger partial charge in [0.15, 0.2) is 0 Å². The SMILES string of the molecule is CC1CCCCC1.CN(C)C(=O)c1ccc2nc(Nc3ccc(OC(F)(F)F)cc3)[nH]c2c1. The number of ether oxygens (including phenoxy) is 1. The van der Waals surface area contributed by atoms with Gasteiger partial charge in [0.25, 0.3) is 5.91 Å². The predicted octanol–water partition coefficient (Wildman–Crippen LogP) is 6.49. The normalized spacial score (nSPS) is 14.4. The van der Waals surface area contributed by atoms with Crippen molar-refractivity contribution in [3.63, 3.8) is 0 Å². The van der Waals surface area contributed by atoms with Gasteiger partial charge in [0.1, 0.15) is 5.75 Å². The van der Waals surface area contributed by atoms with Gasteiger partial charge in [-0.2, -0.15) is 0 Å². The molecule has 1 aliphatic carbocycles. The van der Waals surface area contributed by atoms with Gasteiger partial charge in [-0.05, 0) is 48.4 Å². The fourth-order valence-electron chi connectivity index (χ4n) is 3.64. The van der Waals surface area contributed by atoms with E-state index in [-0.39, 0.29) is 11.7 Å². The highest BCUT2D eigenvalue weighted by molar-refractivity contribution is 5.97. The summed E-state index contributed by atoms with van der Waals surface area (Å²) in [6.45, 7) is 2.36.